The number of benzene rings is 1. The molecule has 1 aromatic carbocycles. The van der Waals surface area contributed by atoms with Crippen LogP contribution in [0.25, 0.3) is 0 Å². The van der Waals surface area contributed by atoms with Crippen molar-refractivity contribution in [1.29, 1.82) is 0 Å². The second kappa shape index (κ2) is 7.44. The Morgan fingerprint density at radius 3 is 2.81 bits per heavy atom. The average Bonchev–Trinajstić information content (AvgIpc) is 2.23. The van der Waals surface area contributed by atoms with E-state index < -0.39 is 0 Å². The summed E-state index contributed by atoms with van der Waals surface area (Å²) in [6.07, 6.45) is 1.13. The standard InChI is InChI=1S/C12H17Cl2NS/c1-3-15-9(2)6-7-16-12-8-10(13)4-5-11(12)14/h4-5,8-9,15H,3,6-7H2,1-2H3. The molecular formula is C12H17Cl2NS. The maximum absolute atomic E-state index is 6.08. The Bertz CT molecular complexity index is 331. The second-order valence-corrected chi connectivity index (χ2v) is 5.65. The van der Waals surface area contributed by atoms with Gasteiger partial charge < -0.3 is 5.32 Å². The van der Waals surface area contributed by atoms with Crippen molar-refractivity contribution >= 4 is 35.0 Å². The van der Waals surface area contributed by atoms with Gasteiger partial charge in [-0.15, -0.1) is 11.8 Å². The minimum Gasteiger partial charge on any atom is -0.315 e. The fraction of sp³-hybridized carbons (Fsp3) is 0.500. The van der Waals surface area contributed by atoms with E-state index in [0.29, 0.717) is 6.04 Å². The van der Waals surface area contributed by atoms with Crippen LogP contribution in [0.2, 0.25) is 10.0 Å². The molecule has 0 saturated heterocycles. The van der Waals surface area contributed by atoms with Crippen LogP contribution in [0, 0.1) is 0 Å². The second-order valence-electron chi connectivity index (χ2n) is 3.67. The maximum atomic E-state index is 6.08. The van der Waals surface area contributed by atoms with Gasteiger partial charge in [0.1, 0.15) is 0 Å². The van der Waals surface area contributed by atoms with E-state index in [1.165, 1.54) is 0 Å². The molecule has 1 N–H and O–H groups in total. The fourth-order valence-electron chi connectivity index (χ4n) is 1.38. The first kappa shape index (κ1) is 14.2. The van der Waals surface area contributed by atoms with Crippen molar-refractivity contribution in [3.05, 3.63) is 28.2 Å². The van der Waals surface area contributed by atoms with E-state index in [1.807, 2.05) is 18.2 Å². The zero-order valence-electron chi connectivity index (χ0n) is 9.59. The Hall–Kier alpha value is 0.110. The number of halogens is 2. The van der Waals surface area contributed by atoms with Gasteiger partial charge in [0.25, 0.3) is 0 Å². The summed E-state index contributed by atoms with van der Waals surface area (Å²) < 4.78 is 0. The van der Waals surface area contributed by atoms with Crippen molar-refractivity contribution in [3.8, 4) is 0 Å². The SMILES string of the molecule is CCNC(C)CCSc1cc(Cl)ccc1Cl. The van der Waals surface area contributed by atoms with Crippen LogP contribution in [0.1, 0.15) is 20.3 Å². The summed E-state index contributed by atoms with van der Waals surface area (Å²) in [5.74, 6) is 1.05. The lowest BCUT2D eigenvalue weighted by Gasteiger charge is -2.11. The monoisotopic (exact) mass is 277 g/mol. The van der Waals surface area contributed by atoms with Gasteiger partial charge in [-0.2, -0.15) is 0 Å². The minimum absolute atomic E-state index is 0.551. The zero-order valence-corrected chi connectivity index (χ0v) is 11.9. The van der Waals surface area contributed by atoms with Crippen LogP contribution in [0.5, 0.6) is 0 Å². The molecule has 1 nitrogen and oxygen atoms in total. The predicted octanol–water partition coefficient (Wildman–Crippen LogP) is 4.47. The molecule has 0 amide bonds. The molecule has 1 aromatic rings. The molecule has 0 aliphatic carbocycles. The highest BCUT2D eigenvalue weighted by Crippen LogP contribution is 2.30. The topological polar surface area (TPSA) is 12.0 Å². The summed E-state index contributed by atoms with van der Waals surface area (Å²) in [5.41, 5.74) is 0. The highest BCUT2D eigenvalue weighted by atomic mass is 35.5. The van der Waals surface area contributed by atoms with E-state index in [2.05, 4.69) is 19.2 Å². The van der Waals surface area contributed by atoms with Gasteiger partial charge in [-0.1, -0.05) is 30.1 Å². The first-order chi connectivity index (χ1) is 7.63. The van der Waals surface area contributed by atoms with E-state index in [-0.39, 0.29) is 0 Å². The molecule has 16 heavy (non-hydrogen) atoms. The Morgan fingerprint density at radius 1 is 1.38 bits per heavy atom. The van der Waals surface area contributed by atoms with Crippen LogP contribution < -0.4 is 5.32 Å². The number of hydrogen-bond donors (Lipinski definition) is 1. The normalized spacial score (nSPS) is 12.8. The molecule has 0 fully saturated rings. The lowest BCUT2D eigenvalue weighted by Crippen LogP contribution is -2.25. The Kier molecular flexibility index (Phi) is 6.59. The van der Waals surface area contributed by atoms with E-state index in [1.54, 1.807) is 11.8 Å². The maximum Gasteiger partial charge on any atom is 0.0542 e. The van der Waals surface area contributed by atoms with Gasteiger partial charge in [-0.05, 0) is 43.8 Å². The van der Waals surface area contributed by atoms with Crippen molar-refractivity contribution in [2.45, 2.75) is 31.2 Å². The van der Waals surface area contributed by atoms with Gasteiger partial charge in [-0.3, -0.25) is 0 Å². The number of nitrogens with one attached hydrogen (secondary N) is 1. The molecule has 0 heterocycles. The van der Waals surface area contributed by atoms with Crippen LogP contribution in [-0.4, -0.2) is 18.3 Å². The molecule has 1 rings (SSSR count). The molecular weight excluding hydrogens is 261 g/mol. The minimum atomic E-state index is 0.551. The third kappa shape index (κ3) is 4.96. The highest BCUT2D eigenvalue weighted by molar-refractivity contribution is 7.99. The Morgan fingerprint density at radius 2 is 2.12 bits per heavy atom. The van der Waals surface area contributed by atoms with Crippen LogP contribution >= 0.6 is 35.0 Å². The third-order valence-corrected chi connectivity index (χ3v) is 4.02. The van der Waals surface area contributed by atoms with Crippen LogP contribution in [0.4, 0.5) is 0 Å². The van der Waals surface area contributed by atoms with E-state index in [4.69, 9.17) is 23.2 Å². The molecule has 0 aromatic heterocycles. The lowest BCUT2D eigenvalue weighted by atomic mass is 10.3. The fourth-order valence-corrected chi connectivity index (χ4v) is 3.01. The van der Waals surface area contributed by atoms with E-state index in [9.17, 15) is 0 Å². The molecule has 90 valence electrons. The number of hydrogen-bond acceptors (Lipinski definition) is 2. The van der Waals surface area contributed by atoms with Crippen molar-refractivity contribution in [1.82, 2.24) is 5.32 Å². The van der Waals surface area contributed by atoms with Crippen LogP contribution in [0.3, 0.4) is 0 Å². The van der Waals surface area contributed by atoms with Gasteiger partial charge in [0, 0.05) is 16.0 Å². The molecule has 0 aliphatic rings. The number of thioether (sulfide) groups is 1. The molecule has 0 bridgehead atoms. The zero-order chi connectivity index (χ0) is 12.0. The van der Waals surface area contributed by atoms with Crippen molar-refractivity contribution < 1.29 is 0 Å². The molecule has 0 spiro atoms. The largest absolute Gasteiger partial charge is 0.315 e. The number of rotatable bonds is 6. The molecule has 0 radical (unpaired) electrons. The van der Waals surface area contributed by atoms with Crippen molar-refractivity contribution in [2.24, 2.45) is 0 Å². The average molecular weight is 278 g/mol. The van der Waals surface area contributed by atoms with Gasteiger partial charge in [-0.25, -0.2) is 0 Å². The molecule has 4 heteroatoms. The van der Waals surface area contributed by atoms with Gasteiger partial charge in [0.2, 0.25) is 0 Å². The highest BCUT2D eigenvalue weighted by Gasteiger charge is 2.04. The summed E-state index contributed by atoms with van der Waals surface area (Å²) in [7, 11) is 0. The van der Waals surface area contributed by atoms with E-state index in [0.717, 1.165) is 33.7 Å². The smallest absolute Gasteiger partial charge is 0.0542 e. The van der Waals surface area contributed by atoms with Crippen molar-refractivity contribution in [3.63, 3.8) is 0 Å². The van der Waals surface area contributed by atoms with Crippen LogP contribution in [-0.2, 0) is 0 Å². The first-order valence-electron chi connectivity index (χ1n) is 5.44. The molecule has 0 saturated carbocycles. The summed E-state index contributed by atoms with van der Waals surface area (Å²) >= 11 is 13.8. The predicted molar refractivity (Wildman–Crippen MR) is 74.9 cm³/mol. The summed E-state index contributed by atoms with van der Waals surface area (Å²) in [6.45, 7) is 5.34. The molecule has 1 atom stereocenters. The van der Waals surface area contributed by atoms with Gasteiger partial charge in [0.05, 0.1) is 5.02 Å². The quantitative estimate of drug-likeness (QED) is 0.770. The molecule has 1 unspecified atom stereocenters. The first-order valence-corrected chi connectivity index (χ1v) is 7.19. The van der Waals surface area contributed by atoms with Gasteiger partial charge >= 0.3 is 0 Å². The Balaban J connectivity index is 2.39. The van der Waals surface area contributed by atoms with Crippen molar-refractivity contribution in [2.75, 3.05) is 12.3 Å². The summed E-state index contributed by atoms with van der Waals surface area (Å²) in [6, 6.07) is 6.14. The Labute approximate surface area is 112 Å². The van der Waals surface area contributed by atoms with E-state index >= 15 is 0 Å². The molecule has 0 aliphatic heterocycles. The van der Waals surface area contributed by atoms with Gasteiger partial charge in [0.15, 0.2) is 0 Å². The summed E-state index contributed by atoms with van der Waals surface area (Å²) in [4.78, 5) is 1.07. The third-order valence-electron chi connectivity index (χ3n) is 2.25. The lowest BCUT2D eigenvalue weighted by molar-refractivity contribution is 0.556. The van der Waals surface area contributed by atoms with Crippen LogP contribution in [0.15, 0.2) is 23.1 Å². The summed E-state index contributed by atoms with van der Waals surface area (Å²) in [5, 5.41) is 4.91.